The average molecular weight is 343 g/mol. The summed E-state index contributed by atoms with van der Waals surface area (Å²) in [5.74, 6) is 0.737. The van der Waals surface area contributed by atoms with E-state index in [1.54, 1.807) is 14.2 Å². The van der Waals surface area contributed by atoms with Gasteiger partial charge in [-0.1, -0.05) is 39.0 Å². The van der Waals surface area contributed by atoms with E-state index in [4.69, 9.17) is 4.74 Å². The molecule has 1 unspecified atom stereocenters. The molecule has 0 saturated carbocycles. The molecule has 0 aliphatic heterocycles. The second-order valence-corrected chi connectivity index (χ2v) is 6.98. The summed E-state index contributed by atoms with van der Waals surface area (Å²) in [6.07, 6.45) is 2.06. The van der Waals surface area contributed by atoms with E-state index in [0.29, 0.717) is 13.1 Å². The Morgan fingerprint density at radius 3 is 2.52 bits per heavy atom. The van der Waals surface area contributed by atoms with Crippen LogP contribution < -0.4 is 10.6 Å². The van der Waals surface area contributed by atoms with Crippen molar-refractivity contribution in [3.8, 4) is 5.69 Å². The molecular weight excluding hydrogens is 314 g/mol. The number of aliphatic imine (C=N–C) groups is 1. The number of rotatable bonds is 6. The van der Waals surface area contributed by atoms with Gasteiger partial charge in [-0.15, -0.1) is 0 Å². The first-order valence-corrected chi connectivity index (χ1v) is 8.51. The highest BCUT2D eigenvalue weighted by Gasteiger charge is 2.24. The number of guanidine groups is 1. The van der Waals surface area contributed by atoms with Crippen molar-refractivity contribution in [3.63, 3.8) is 0 Å². The Kier molecular flexibility index (Phi) is 6.58. The van der Waals surface area contributed by atoms with Gasteiger partial charge in [0.05, 0.1) is 24.0 Å². The Labute approximate surface area is 150 Å². The van der Waals surface area contributed by atoms with Gasteiger partial charge >= 0.3 is 0 Å². The number of methoxy groups -OCH3 is 1. The monoisotopic (exact) mass is 343 g/mol. The molecule has 0 radical (unpaired) electrons. The smallest absolute Gasteiger partial charge is 0.191 e. The van der Waals surface area contributed by atoms with E-state index < -0.39 is 0 Å². The first kappa shape index (κ1) is 19.0. The van der Waals surface area contributed by atoms with Gasteiger partial charge in [0.25, 0.3) is 0 Å². The number of hydrogen-bond donors (Lipinski definition) is 2. The fourth-order valence-electron chi connectivity index (χ4n) is 2.51. The van der Waals surface area contributed by atoms with Crippen molar-refractivity contribution >= 4 is 5.96 Å². The zero-order valence-electron chi connectivity index (χ0n) is 15.8. The summed E-state index contributed by atoms with van der Waals surface area (Å²) in [5.41, 5.74) is 2.06. The van der Waals surface area contributed by atoms with Crippen LogP contribution in [0.2, 0.25) is 0 Å². The highest BCUT2D eigenvalue weighted by Crippen LogP contribution is 2.20. The third-order valence-corrected chi connectivity index (χ3v) is 4.03. The van der Waals surface area contributed by atoms with Crippen molar-refractivity contribution in [3.05, 3.63) is 48.3 Å². The maximum atomic E-state index is 5.56. The fraction of sp³-hybridized carbons (Fsp3) is 0.474. The van der Waals surface area contributed by atoms with Crippen LogP contribution in [0.25, 0.3) is 5.69 Å². The minimum Gasteiger partial charge on any atom is -0.379 e. The molecule has 0 amide bonds. The molecule has 1 aromatic heterocycles. The van der Waals surface area contributed by atoms with E-state index >= 15 is 0 Å². The van der Waals surface area contributed by atoms with Crippen molar-refractivity contribution in [2.45, 2.75) is 33.4 Å². The molecule has 6 nitrogen and oxygen atoms in total. The molecule has 136 valence electrons. The van der Waals surface area contributed by atoms with Gasteiger partial charge in [0.1, 0.15) is 0 Å². The Bertz CT molecular complexity index is 673. The Morgan fingerprint density at radius 1 is 1.20 bits per heavy atom. The van der Waals surface area contributed by atoms with Crippen LogP contribution in [-0.4, -0.2) is 42.5 Å². The molecule has 0 saturated heterocycles. The number of para-hydroxylation sites is 1. The molecule has 1 heterocycles. The summed E-state index contributed by atoms with van der Waals surface area (Å²) < 4.78 is 7.43. The molecule has 0 aliphatic rings. The predicted molar refractivity (Wildman–Crippen MR) is 102 cm³/mol. The molecule has 1 aromatic carbocycles. The molecule has 25 heavy (non-hydrogen) atoms. The first-order chi connectivity index (χ1) is 11.9. The van der Waals surface area contributed by atoms with Crippen LogP contribution in [0.5, 0.6) is 0 Å². The SMILES string of the molecule is CN=C(NCc1ccn(-c2ccccc2)n1)NCC(OC)C(C)(C)C. The quantitative estimate of drug-likeness (QED) is 0.625. The maximum absolute atomic E-state index is 5.56. The zero-order valence-corrected chi connectivity index (χ0v) is 15.8. The molecule has 2 aromatic rings. The lowest BCUT2D eigenvalue weighted by atomic mass is 9.89. The second kappa shape index (κ2) is 8.67. The Hall–Kier alpha value is -2.34. The van der Waals surface area contributed by atoms with Crippen LogP contribution in [0.4, 0.5) is 0 Å². The number of benzene rings is 1. The summed E-state index contributed by atoms with van der Waals surface area (Å²) >= 11 is 0. The van der Waals surface area contributed by atoms with Gasteiger partial charge in [0.2, 0.25) is 0 Å². The minimum absolute atomic E-state index is 0.0645. The van der Waals surface area contributed by atoms with Gasteiger partial charge in [-0.25, -0.2) is 4.68 Å². The van der Waals surface area contributed by atoms with Crippen molar-refractivity contribution in [2.24, 2.45) is 10.4 Å². The van der Waals surface area contributed by atoms with Crippen LogP contribution >= 0.6 is 0 Å². The predicted octanol–water partition coefficient (Wildman–Crippen LogP) is 2.60. The fourth-order valence-corrected chi connectivity index (χ4v) is 2.51. The average Bonchev–Trinajstić information content (AvgIpc) is 3.06. The number of ether oxygens (including phenoxy) is 1. The second-order valence-electron chi connectivity index (χ2n) is 6.98. The highest BCUT2D eigenvalue weighted by molar-refractivity contribution is 5.79. The highest BCUT2D eigenvalue weighted by atomic mass is 16.5. The van der Waals surface area contributed by atoms with E-state index in [2.05, 4.69) is 41.5 Å². The third-order valence-electron chi connectivity index (χ3n) is 4.03. The van der Waals surface area contributed by atoms with Gasteiger partial charge in [0, 0.05) is 26.9 Å². The van der Waals surface area contributed by atoms with E-state index in [1.165, 1.54) is 0 Å². The molecule has 0 bridgehead atoms. The molecule has 2 N–H and O–H groups in total. The summed E-state index contributed by atoms with van der Waals surface area (Å²) in [4.78, 5) is 4.26. The number of hydrogen-bond acceptors (Lipinski definition) is 3. The van der Waals surface area contributed by atoms with E-state index in [9.17, 15) is 0 Å². The molecule has 1 atom stereocenters. The van der Waals surface area contributed by atoms with Crippen LogP contribution in [-0.2, 0) is 11.3 Å². The van der Waals surface area contributed by atoms with Crippen molar-refractivity contribution in [2.75, 3.05) is 20.7 Å². The molecule has 0 fully saturated rings. The van der Waals surface area contributed by atoms with E-state index in [1.807, 2.05) is 47.3 Å². The lowest BCUT2D eigenvalue weighted by molar-refractivity contribution is 0.0205. The lowest BCUT2D eigenvalue weighted by Gasteiger charge is -2.30. The number of nitrogens with zero attached hydrogens (tertiary/aromatic N) is 3. The van der Waals surface area contributed by atoms with Crippen molar-refractivity contribution < 1.29 is 4.74 Å². The first-order valence-electron chi connectivity index (χ1n) is 8.51. The molecule has 6 heteroatoms. The zero-order chi connectivity index (χ0) is 18.3. The summed E-state index contributed by atoms with van der Waals surface area (Å²) in [5, 5.41) is 11.2. The van der Waals surface area contributed by atoms with Crippen LogP contribution in [0, 0.1) is 5.41 Å². The maximum Gasteiger partial charge on any atom is 0.191 e. The van der Waals surface area contributed by atoms with Gasteiger partial charge in [-0.2, -0.15) is 5.10 Å². The number of nitrogens with one attached hydrogen (secondary N) is 2. The van der Waals surface area contributed by atoms with Crippen LogP contribution in [0.1, 0.15) is 26.5 Å². The molecule has 2 rings (SSSR count). The van der Waals surface area contributed by atoms with Gasteiger partial charge in [-0.05, 0) is 23.6 Å². The largest absolute Gasteiger partial charge is 0.379 e. The Balaban J connectivity index is 1.88. The summed E-state index contributed by atoms with van der Waals surface area (Å²) in [6, 6.07) is 12.1. The molecule has 0 spiro atoms. The lowest BCUT2D eigenvalue weighted by Crippen LogP contribution is -2.45. The van der Waals surface area contributed by atoms with E-state index in [-0.39, 0.29) is 11.5 Å². The van der Waals surface area contributed by atoms with Gasteiger partial charge in [0.15, 0.2) is 5.96 Å². The third kappa shape index (κ3) is 5.60. The van der Waals surface area contributed by atoms with Crippen molar-refractivity contribution in [1.82, 2.24) is 20.4 Å². The minimum atomic E-state index is 0.0645. The topological polar surface area (TPSA) is 63.5 Å². The molecule has 0 aliphatic carbocycles. The van der Waals surface area contributed by atoms with Gasteiger partial charge < -0.3 is 15.4 Å². The van der Waals surface area contributed by atoms with E-state index in [0.717, 1.165) is 17.3 Å². The summed E-state index contributed by atoms with van der Waals surface area (Å²) in [6.45, 7) is 7.78. The normalized spacial score (nSPS) is 13.6. The van der Waals surface area contributed by atoms with Crippen LogP contribution in [0.3, 0.4) is 0 Å². The van der Waals surface area contributed by atoms with Gasteiger partial charge in [-0.3, -0.25) is 4.99 Å². The molecular formula is C19H29N5O. The van der Waals surface area contributed by atoms with Crippen LogP contribution in [0.15, 0.2) is 47.6 Å². The number of aromatic nitrogens is 2. The summed E-state index contributed by atoms with van der Waals surface area (Å²) in [7, 11) is 3.50. The van der Waals surface area contributed by atoms with Crippen molar-refractivity contribution in [1.29, 1.82) is 0 Å². The standard InChI is InChI=1S/C19H29N5O/c1-19(2,3)17(25-5)14-22-18(20-4)21-13-15-11-12-24(23-15)16-9-7-6-8-10-16/h6-12,17H,13-14H2,1-5H3,(H2,20,21,22). The Morgan fingerprint density at radius 2 is 1.92 bits per heavy atom.